The van der Waals surface area contributed by atoms with Gasteiger partial charge in [0.2, 0.25) is 5.91 Å². The van der Waals surface area contributed by atoms with Crippen LogP contribution in [0.5, 0.6) is 0 Å². The number of carboxylic acid groups (broad SMARTS) is 1. The normalized spacial score (nSPS) is 13.6. The summed E-state index contributed by atoms with van der Waals surface area (Å²) in [7, 11) is 0. The van der Waals surface area contributed by atoms with Gasteiger partial charge >= 0.3 is 0 Å². The van der Waals surface area contributed by atoms with Crippen molar-refractivity contribution in [3.8, 4) is 0 Å². The van der Waals surface area contributed by atoms with Gasteiger partial charge in [-0.15, -0.1) is 0 Å². The van der Waals surface area contributed by atoms with Crippen molar-refractivity contribution in [3.05, 3.63) is 30.3 Å². The summed E-state index contributed by atoms with van der Waals surface area (Å²) in [5.74, 6) is -2.34. The number of benzene rings is 1. The van der Waals surface area contributed by atoms with Crippen molar-refractivity contribution in [1.29, 1.82) is 0 Å². The van der Waals surface area contributed by atoms with Crippen molar-refractivity contribution in [2.75, 3.05) is 4.42 Å². The van der Waals surface area contributed by atoms with Crippen LogP contribution in [0.4, 0.5) is 5.69 Å². The molecule has 1 rings (SSSR count). The zero-order valence-corrected chi connectivity index (χ0v) is 12.5. The fourth-order valence-electron chi connectivity index (χ4n) is 2.15. The summed E-state index contributed by atoms with van der Waals surface area (Å²) in [6.45, 7) is 3.64. The molecule has 110 valence electrons. The second-order valence-corrected chi connectivity index (χ2v) is 5.24. The minimum Gasteiger partial charge on any atom is -0.550 e. The van der Waals surface area contributed by atoms with Crippen LogP contribution in [0.25, 0.3) is 0 Å². The largest absolute Gasteiger partial charge is 0.550 e. The highest BCUT2D eigenvalue weighted by molar-refractivity contribution is 6.36. The highest BCUT2D eigenvalue weighted by Crippen LogP contribution is 2.24. The third-order valence-corrected chi connectivity index (χ3v) is 3.67. The average molecular weight is 297 g/mol. The summed E-state index contributed by atoms with van der Waals surface area (Å²) >= 11 is 5.98. The Balaban J connectivity index is 2.67. The maximum atomic E-state index is 12.1. The Morgan fingerprint density at radius 3 is 2.40 bits per heavy atom. The Kier molecular flexibility index (Phi) is 6.52. The molecule has 2 unspecified atom stereocenters. The van der Waals surface area contributed by atoms with Gasteiger partial charge in [0.15, 0.2) is 0 Å². The maximum Gasteiger partial charge on any atom is 0.241 e. The quantitative estimate of drug-likeness (QED) is 0.726. The molecule has 0 saturated carbocycles. The average Bonchev–Trinajstić information content (AvgIpc) is 2.44. The first-order chi connectivity index (χ1) is 9.47. The molecular weight excluding hydrogens is 278 g/mol. The van der Waals surface area contributed by atoms with Crippen molar-refractivity contribution in [2.45, 2.75) is 33.1 Å². The van der Waals surface area contributed by atoms with E-state index in [0.717, 1.165) is 10.8 Å². The molecule has 20 heavy (non-hydrogen) atoms. The highest BCUT2D eigenvalue weighted by atomic mass is 35.5. The van der Waals surface area contributed by atoms with E-state index in [0.29, 0.717) is 12.1 Å². The molecule has 4 nitrogen and oxygen atoms in total. The minimum absolute atomic E-state index is 0.0804. The van der Waals surface area contributed by atoms with Crippen molar-refractivity contribution in [2.24, 2.45) is 11.8 Å². The number of carbonyl (C=O) groups excluding carboxylic acids is 2. The molecule has 5 heteroatoms. The third-order valence-electron chi connectivity index (χ3n) is 3.29. The summed E-state index contributed by atoms with van der Waals surface area (Å²) in [5, 5.41) is 11.1. The molecule has 0 saturated heterocycles. The number of nitrogens with zero attached hydrogens (tertiary/aromatic N) is 1. The highest BCUT2D eigenvalue weighted by Gasteiger charge is 2.23. The standard InChI is InChI=1S/C15H20ClNO3/c1-3-7-13(15(19)20)11(2)10-14(18)17(16)12-8-5-4-6-9-12/h4-6,8-9,11,13H,3,7,10H2,1-2H3,(H,19,20)/p-1. The number of para-hydroxylation sites is 1. The zero-order chi connectivity index (χ0) is 15.1. The van der Waals surface area contributed by atoms with E-state index in [2.05, 4.69) is 0 Å². The number of carbonyl (C=O) groups is 2. The Morgan fingerprint density at radius 1 is 1.30 bits per heavy atom. The molecule has 0 aliphatic rings. The van der Waals surface area contributed by atoms with Crippen LogP contribution >= 0.6 is 11.8 Å². The molecule has 0 spiro atoms. The van der Waals surface area contributed by atoms with Gasteiger partial charge in [0.1, 0.15) is 0 Å². The molecule has 1 aromatic carbocycles. The van der Waals surface area contributed by atoms with E-state index < -0.39 is 11.9 Å². The first-order valence-corrected chi connectivity index (χ1v) is 7.05. The molecule has 0 aliphatic carbocycles. The second-order valence-electron chi connectivity index (χ2n) is 4.91. The third kappa shape index (κ3) is 4.53. The fraction of sp³-hybridized carbons (Fsp3) is 0.467. The number of aliphatic carboxylic acids is 1. The van der Waals surface area contributed by atoms with E-state index >= 15 is 0 Å². The van der Waals surface area contributed by atoms with Crippen LogP contribution in [-0.4, -0.2) is 11.9 Å². The Bertz CT molecular complexity index is 450. The number of anilines is 1. The number of carboxylic acids is 1. The van der Waals surface area contributed by atoms with E-state index in [-0.39, 0.29) is 18.2 Å². The Morgan fingerprint density at radius 2 is 1.90 bits per heavy atom. The smallest absolute Gasteiger partial charge is 0.241 e. The number of hydrogen-bond acceptors (Lipinski definition) is 3. The number of hydrogen-bond donors (Lipinski definition) is 0. The van der Waals surface area contributed by atoms with E-state index in [1.54, 1.807) is 31.2 Å². The monoisotopic (exact) mass is 296 g/mol. The molecule has 0 bridgehead atoms. The van der Waals surface area contributed by atoms with Crippen LogP contribution in [0.2, 0.25) is 0 Å². The molecule has 0 fully saturated rings. The zero-order valence-electron chi connectivity index (χ0n) is 11.7. The van der Waals surface area contributed by atoms with Gasteiger partial charge < -0.3 is 9.90 Å². The predicted octanol–water partition coefficient (Wildman–Crippen LogP) is 2.37. The molecule has 0 aliphatic heterocycles. The van der Waals surface area contributed by atoms with Crippen LogP contribution < -0.4 is 9.53 Å². The lowest BCUT2D eigenvalue weighted by atomic mass is 9.87. The topological polar surface area (TPSA) is 60.4 Å². The summed E-state index contributed by atoms with van der Waals surface area (Å²) in [4.78, 5) is 23.1. The van der Waals surface area contributed by atoms with Gasteiger partial charge in [-0.05, 0) is 24.5 Å². The first kappa shape index (κ1) is 16.5. The molecule has 0 heterocycles. The van der Waals surface area contributed by atoms with Gasteiger partial charge in [0.05, 0.1) is 5.69 Å². The second kappa shape index (κ2) is 7.90. The summed E-state index contributed by atoms with van der Waals surface area (Å²) < 4.78 is 1.04. The minimum atomic E-state index is -1.10. The lowest BCUT2D eigenvalue weighted by Gasteiger charge is -2.25. The van der Waals surface area contributed by atoms with E-state index in [4.69, 9.17) is 11.8 Å². The maximum absolute atomic E-state index is 12.1. The number of rotatable bonds is 7. The number of amides is 1. The molecule has 0 radical (unpaired) electrons. The summed E-state index contributed by atoms with van der Waals surface area (Å²) in [6.07, 6.45) is 1.32. The molecule has 1 aromatic rings. The summed E-state index contributed by atoms with van der Waals surface area (Å²) in [6, 6.07) is 8.83. The van der Waals surface area contributed by atoms with Crippen molar-refractivity contribution >= 4 is 29.3 Å². The molecule has 0 aromatic heterocycles. The predicted molar refractivity (Wildman–Crippen MR) is 77.0 cm³/mol. The molecule has 1 amide bonds. The van der Waals surface area contributed by atoms with Gasteiger partial charge in [0, 0.05) is 30.1 Å². The van der Waals surface area contributed by atoms with Gasteiger partial charge in [0.25, 0.3) is 0 Å². The van der Waals surface area contributed by atoms with E-state index in [9.17, 15) is 14.7 Å². The molecular formula is C15H19ClNO3-. The van der Waals surface area contributed by atoms with Crippen LogP contribution in [0.15, 0.2) is 30.3 Å². The summed E-state index contributed by atoms with van der Waals surface area (Å²) in [5.41, 5.74) is 0.576. The van der Waals surface area contributed by atoms with Crippen molar-refractivity contribution in [3.63, 3.8) is 0 Å². The molecule has 2 atom stereocenters. The lowest BCUT2D eigenvalue weighted by molar-refractivity contribution is -0.313. The van der Waals surface area contributed by atoms with Crippen LogP contribution in [0, 0.1) is 11.8 Å². The van der Waals surface area contributed by atoms with Gasteiger partial charge in [-0.25, -0.2) is 4.42 Å². The van der Waals surface area contributed by atoms with E-state index in [1.807, 2.05) is 13.0 Å². The first-order valence-electron chi connectivity index (χ1n) is 6.72. The SMILES string of the molecule is CCCC(C(=O)[O-])C(C)CC(=O)N(Cl)c1ccccc1. The van der Waals surface area contributed by atoms with Gasteiger partial charge in [-0.2, -0.15) is 0 Å². The lowest BCUT2D eigenvalue weighted by Crippen LogP contribution is -2.37. The fourth-order valence-corrected chi connectivity index (χ4v) is 2.33. The Labute approximate surface area is 124 Å². The van der Waals surface area contributed by atoms with Gasteiger partial charge in [-0.1, -0.05) is 38.5 Å². The molecule has 0 N–H and O–H groups in total. The van der Waals surface area contributed by atoms with Crippen molar-refractivity contribution in [1.82, 2.24) is 0 Å². The number of halogens is 1. The van der Waals surface area contributed by atoms with E-state index in [1.165, 1.54) is 0 Å². The van der Waals surface area contributed by atoms with Crippen LogP contribution in [0.1, 0.15) is 33.1 Å². The Hall–Kier alpha value is -1.55. The van der Waals surface area contributed by atoms with Crippen LogP contribution in [-0.2, 0) is 9.59 Å². The van der Waals surface area contributed by atoms with Crippen molar-refractivity contribution < 1.29 is 14.7 Å². The van der Waals surface area contributed by atoms with Gasteiger partial charge in [-0.3, -0.25) is 4.79 Å². The van der Waals surface area contributed by atoms with Crippen LogP contribution in [0.3, 0.4) is 0 Å².